The van der Waals surface area contributed by atoms with Gasteiger partial charge in [-0.05, 0) is 62.8 Å². The number of aryl methyl sites for hydroxylation is 1. The van der Waals surface area contributed by atoms with Crippen molar-refractivity contribution in [2.24, 2.45) is 5.92 Å². The van der Waals surface area contributed by atoms with Crippen LogP contribution in [-0.2, 0) is 4.79 Å². The predicted octanol–water partition coefficient (Wildman–Crippen LogP) is 2.79. The fourth-order valence-electron chi connectivity index (χ4n) is 3.69. The third-order valence-corrected chi connectivity index (χ3v) is 5.41. The lowest BCUT2D eigenvalue weighted by molar-refractivity contribution is -0.123. The summed E-state index contributed by atoms with van der Waals surface area (Å²) in [6.45, 7) is 4.93. The monoisotopic (exact) mass is 399 g/mol. The molecule has 0 aromatic heterocycles. The van der Waals surface area contributed by atoms with E-state index in [0.29, 0.717) is 29.6 Å². The SMILES string of the molecule is Cc1ccc(Cl)cc1C(=O)N1CCCC(CNC(=O)C2CCCN2)C1.Cl. The molecule has 0 aliphatic carbocycles. The Morgan fingerprint density at radius 1 is 1.31 bits per heavy atom. The van der Waals surface area contributed by atoms with Gasteiger partial charge in [0.05, 0.1) is 6.04 Å². The third-order valence-electron chi connectivity index (χ3n) is 5.18. The Morgan fingerprint density at radius 2 is 2.12 bits per heavy atom. The second kappa shape index (κ2) is 9.58. The van der Waals surface area contributed by atoms with Crippen LogP contribution in [0, 0.1) is 12.8 Å². The Bertz CT molecular complexity index is 648. The summed E-state index contributed by atoms with van der Waals surface area (Å²) in [6, 6.07) is 5.39. The molecule has 1 aromatic carbocycles. The zero-order valence-corrected chi connectivity index (χ0v) is 16.7. The fraction of sp³-hybridized carbons (Fsp3) is 0.579. The minimum atomic E-state index is -0.0459. The number of nitrogens with zero attached hydrogens (tertiary/aromatic N) is 1. The molecule has 3 rings (SSSR count). The summed E-state index contributed by atoms with van der Waals surface area (Å²) >= 11 is 6.05. The van der Waals surface area contributed by atoms with Crippen LogP contribution in [0.25, 0.3) is 0 Å². The van der Waals surface area contributed by atoms with Gasteiger partial charge in [0.1, 0.15) is 0 Å². The Balaban J connectivity index is 0.00000243. The van der Waals surface area contributed by atoms with Gasteiger partial charge < -0.3 is 15.5 Å². The quantitative estimate of drug-likeness (QED) is 0.817. The highest BCUT2D eigenvalue weighted by Crippen LogP contribution is 2.22. The summed E-state index contributed by atoms with van der Waals surface area (Å²) in [5.41, 5.74) is 1.62. The van der Waals surface area contributed by atoms with Crippen molar-refractivity contribution in [2.75, 3.05) is 26.2 Å². The number of amides is 2. The molecule has 2 unspecified atom stereocenters. The maximum absolute atomic E-state index is 12.8. The molecular formula is C19H27Cl2N3O2. The molecule has 2 atom stereocenters. The highest BCUT2D eigenvalue weighted by atomic mass is 35.5. The lowest BCUT2D eigenvalue weighted by atomic mass is 9.96. The molecule has 1 aromatic rings. The maximum atomic E-state index is 12.8. The van der Waals surface area contributed by atoms with E-state index in [4.69, 9.17) is 11.6 Å². The fourth-order valence-corrected chi connectivity index (χ4v) is 3.86. The maximum Gasteiger partial charge on any atom is 0.254 e. The van der Waals surface area contributed by atoms with Crippen molar-refractivity contribution < 1.29 is 9.59 Å². The third kappa shape index (κ3) is 5.12. The lowest BCUT2D eigenvalue weighted by Crippen LogP contribution is -2.46. The van der Waals surface area contributed by atoms with Crippen molar-refractivity contribution >= 4 is 35.8 Å². The van der Waals surface area contributed by atoms with E-state index in [-0.39, 0.29) is 30.3 Å². The molecule has 0 radical (unpaired) electrons. The van der Waals surface area contributed by atoms with E-state index in [1.54, 1.807) is 12.1 Å². The first-order valence-electron chi connectivity index (χ1n) is 9.11. The first-order chi connectivity index (χ1) is 12.0. The number of hydrogen-bond donors (Lipinski definition) is 2. The summed E-state index contributed by atoms with van der Waals surface area (Å²) in [7, 11) is 0. The Morgan fingerprint density at radius 3 is 2.85 bits per heavy atom. The Labute approximate surface area is 166 Å². The van der Waals surface area contributed by atoms with Crippen LogP contribution in [0.1, 0.15) is 41.6 Å². The van der Waals surface area contributed by atoms with E-state index in [2.05, 4.69) is 10.6 Å². The minimum Gasteiger partial charge on any atom is -0.354 e. The number of hydrogen-bond acceptors (Lipinski definition) is 3. The number of carbonyl (C=O) groups excluding carboxylic acids is 2. The highest BCUT2D eigenvalue weighted by molar-refractivity contribution is 6.31. The largest absolute Gasteiger partial charge is 0.354 e. The van der Waals surface area contributed by atoms with Gasteiger partial charge in [0, 0.05) is 30.2 Å². The number of benzene rings is 1. The molecule has 2 saturated heterocycles. The van der Waals surface area contributed by atoms with Crippen molar-refractivity contribution in [3.63, 3.8) is 0 Å². The molecule has 0 saturated carbocycles. The zero-order chi connectivity index (χ0) is 17.8. The van der Waals surface area contributed by atoms with E-state index >= 15 is 0 Å². The van der Waals surface area contributed by atoms with Gasteiger partial charge in [-0.3, -0.25) is 9.59 Å². The van der Waals surface area contributed by atoms with Gasteiger partial charge in [0.2, 0.25) is 5.91 Å². The van der Waals surface area contributed by atoms with Crippen molar-refractivity contribution in [3.8, 4) is 0 Å². The molecular weight excluding hydrogens is 373 g/mol. The van der Waals surface area contributed by atoms with Gasteiger partial charge in [-0.15, -0.1) is 12.4 Å². The molecule has 2 amide bonds. The van der Waals surface area contributed by atoms with Gasteiger partial charge in [-0.1, -0.05) is 17.7 Å². The summed E-state index contributed by atoms with van der Waals surface area (Å²) in [5.74, 6) is 0.433. The summed E-state index contributed by atoms with van der Waals surface area (Å²) < 4.78 is 0. The number of nitrogens with one attached hydrogen (secondary N) is 2. The summed E-state index contributed by atoms with van der Waals surface area (Å²) in [5, 5.41) is 6.85. The Kier molecular flexibility index (Phi) is 7.74. The van der Waals surface area contributed by atoms with Crippen LogP contribution in [0.15, 0.2) is 18.2 Å². The van der Waals surface area contributed by atoms with Gasteiger partial charge >= 0.3 is 0 Å². The van der Waals surface area contributed by atoms with Crippen LogP contribution < -0.4 is 10.6 Å². The molecule has 5 nitrogen and oxygen atoms in total. The standard InChI is InChI=1S/C19H26ClN3O2.ClH/c1-13-6-7-15(20)10-16(13)19(25)23-9-3-4-14(12-23)11-22-18(24)17-5-2-8-21-17;/h6-7,10,14,17,21H,2-5,8-9,11-12H2,1H3,(H,22,24);1H. The molecule has 0 spiro atoms. The second-order valence-corrected chi connectivity index (χ2v) is 7.55. The molecule has 0 bridgehead atoms. The van der Waals surface area contributed by atoms with Crippen molar-refractivity contribution in [1.82, 2.24) is 15.5 Å². The summed E-state index contributed by atoms with van der Waals surface area (Å²) in [4.78, 5) is 26.9. The molecule has 144 valence electrons. The zero-order valence-electron chi connectivity index (χ0n) is 15.1. The van der Waals surface area contributed by atoms with Crippen molar-refractivity contribution in [3.05, 3.63) is 34.3 Å². The van der Waals surface area contributed by atoms with Gasteiger partial charge in [-0.2, -0.15) is 0 Å². The molecule has 2 aliphatic rings. The molecule has 2 heterocycles. The van der Waals surface area contributed by atoms with Crippen molar-refractivity contribution in [2.45, 2.75) is 38.6 Å². The van der Waals surface area contributed by atoms with E-state index in [0.717, 1.165) is 44.3 Å². The number of piperidine rings is 1. The molecule has 2 fully saturated rings. The van der Waals surface area contributed by atoms with E-state index in [1.807, 2.05) is 17.9 Å². The first kappa shape index (κ1) is 21.0. The van der Waals surface area contributed by atoms with Crippen LogP contribution in [-0.4, -0.2) is 48.9 Å². The van der Waals surface area contributed by atoms with E-state index in [9.17, 15) is 9.59 Å². The number of rotatable bonds is 4. The smallest absolute Gasteiger partial charge is 0.254 e. The first-order valence-corrected chi connectivity index (χ1v) is 9.49. The van der Waals surface area contributed by atoms with E-state index < -0.39 is 0 Å². The van der Waals surface area contributed by atoms with Gasteiger partial charge in [0.15, 0.2) is 0 Å². The molecule has 7 heteroatoms. The Hall–Kier alpha value is -1.30. The minimum absolute atomic E-state index is 0. The van der Waals surface area contributed by atoms with Crippen LogP contribution >= 0.6 is 24.0 Å². The highest BCUT2D eigenvalue weighted by Gasteiger charge is 2.27. The van der Waals surface area contributed by atoms with Crippen molar-refractivity contribution in [1.29, 1.82) is 0 Å². The van der Waals surface area contributed by atoms with Crippen LogP contribution in [0.2, 0.25) is 5.02 Å². The normalized spacial score (nSPS) is 22.6. The lowest BCUT2D eigenvalue weighted by Gasteiger charge is -2.33. The van der Waals surface area contributed by atoms with Gasteiger partial charge in [-0.25, -0.2) is 0 Å². The predicted molar refractivity (Wildman–Crippen MR) is 106 cm³/mol. The van der Waals surface area contributed by atoms with Gasteiger partial charge in [0.25, 0.3) is 5.91 Å². The number of likely N-dealkylation sites (tertiary alicyclic amines) is 1. The second-order valence-electron chi connectivity index (χ2n) is 7.11. The summed E-state index contributed by atoms with van der Waals surface area (Å²) in [6.07, 6.45) is 3.97. The molecule has 2 N–H and O–H groups in total. The number of halogens is 2. The van der Waals surface area contributed by atoms with Crippen LogP contribution in [0.4, 0.5) is 0 Å². The molecule has 26 heavy (non-hydrogen) atoms. The van der Waals surface area contributed by atoms with Crippen LogP contribution in [0.5, 0.6) is 0 Å². The average molecular weight is 400 g/mol. The number of carbonyl (C=O) groups is 2. The topological polar surface area (TPSA) is 61.4 Å². The average Bonchev–Trinajstić information content (AvgIpc) is 3.16. The molecule has 2 aliphatic heterocycles. The van der Waals surface area contributed by atoms with Crippen LogP contribution in [0.3, 0.4) is 0 Å². The van der Waals surface area contributed by atoms with E-state index in [1.165, 1.54) is 0 Å².